The van der Waals surface area contributed by atoms with Gasteiger partial charge in [-0.3, -0.25) is 4.57 Å². The molecule has 0 radical (unpaired) electrons. The molecular weight excluding hydrogens is 299 g/mol. The number of benzene rings is 1. The molecule has 3 aromatic rings. The van der Waals surface area contributed by atoms with Crippen LogP contribution in [0.2, 0.25) is 10.0 Å². The Labute approximate surface area is 124 Å². The number of nitrogens with two attached hydrogens (primary N) is 1. The first-order valence-electron chi connectivity index (χ1n) is 5.58. The van der Waals surface area contributed by atoms with E-state index in [9.17, 15) is 0 Å². The average molecular weight is 307 g/mol. The molecule has 0 saturated heterocycles. The zero-order valence-corrected chi connectivity index (χ0v) is 11.5. The molecule has 1 aromatic carbocycles. The minimum atomic E-state index is 0.106. The molecule has 8 heteroatoms. The minimum Gasteiger partial charge on any atom is -0.368 e. The van der Waals surface area contributed by atoms with Gasteiger partial charge in [-0.05, 0) is 18.2 Å². The maximum atomic E-state index is 5.98. The van der Waals surface area contributed by atoms with Crippen molar-refractivity contribution in [2.24, 2.45) is 0 Å². The lowest BCUT2D eigenvalue weighted by Gasteiger charge is -2.06. The molecule has 2 heterocycles. The van der Waals surface area contributed by atoms with Gasteiger partial charge in [-0.1, -0.05) is 23.2 Å². The van der Waals surface area contributed by atoms with Crippen LogP contribution in [0.15, 0.2) is 36.9 Å². The van der Waals surface area contributed by atoms with Crippen LogP contribution in [0.3, 0.4) is 0 Å². The van der Waals surface area contributed by atoms with Gasteiger partial charge in [-0.15, -0.1) is 0 Å². The van der Waals surface area contributed by atoms with Gasteiger partial charge in [0.25, 0.3) is 0 Å². The number of hydrogen-bond acceptors (Lipinski definition) is 5. The van der Waals surface area contributed by atoms with Crippen molar-refractivity contribution in [1.82, 2.24) is 24.5 Å². The van der Waals surface area contributed by atoms with Crippen molar-refractivity contribution < 1.29 is 0 Å². The molecule has 3 rings (SSSR count). The monoisotopic (exact) mass is 306 g/mol. The van der Waals surface area contributed by atoms with Gasteiger partial charge in [0.05, 0.1) is 0 Å². The van der Waals surface area contributed by atoms with E-state index in [4.69, 9.17) is 28.9 Å². The van der Waals surface area contributed by atoms with E-state index in [2.05, 4.69) is 19.9 Å². The van der Waals surface area contributed by atoms with Crippen LogP contribution in [-0.2, 0) is 0 Å². The van der Waals surface area contributed by atoms with Crippen LogP contribution in [-0.4, -0.2) is 24.5 Å². The Morgan fingerprint density at radius 3 is 2.40 bits per heavy atom. The predicted octanol–water partition coefficient (Wildman–Crippen LogP) is 2.61. The van der Waals surface area contributed by atoms with E-state index in [0.717, 1.165) is 0 Å². The van der Waals surface area contributed by atoms with Crippen LogP contribution in [0.4, 0.5) is 5.95 Å². The molecule has 2 N–H and O–H groups in total. The normalized spacial score (nSPS) is 10.7. The Kier molecular flexibility index (Phi) is 3.25. The van der Waals surface area contributed by atoms with Crippen LogP contribution in [0.1, 0.15) is 0 Å². The topological polar surface area (TPSA) is 82.5 Å². The lowest BCUT2D eigenvalue weighted by molar-refractivity contribution is 0.906. The van der Waals surface area contributed by atoms with Crippen LogP contribution >= 0.6 is 23.2 Å². The van der Waals surface area contributed by atoms with Gasteiger partial charge in [0, 0.05) is 28.0 Å². The molecule has 0 unspecified atom stereocenters. The summed E-state index contributed by atoms with van der Waals surface area (Å²) in [4.78, 5) is 16.4. The molecule has 0 atom stereocenters. The molecule has 0 bridgehead atoms. The number of rotatable bonds is 2. The summed E-state index contributed by atoms with van der Waals surface area (Å²) in [6, 6.07) is 5.05. The molecule has 0 spiro atoms. The van der Waals surface area contributed by atoms with Crippen molar-refractivity contribution in [3.63, 3.8) is 0 Å². The Bertz CT molecular complexity index is 736. The van der Waals surface area contributed by atoms with Crippen LogP contribution in [0, 0.1) is 0 Å². The number of aromatic nitrogens is 5. The molecule has 2 aromatic heterocycles. The molecular formula is C12H8Cl2N6. The third kappa shape index (κ3) is 2.56. The second kappa shape index (κ2) is 5.07. The highest BCUT2D eigenvalue weighted by atomic mass is 35.5. The lowest BCUT2D eigenvalue weighted by atomic mass is 10.2. The van der Waals surface area contributed by atoms with E-state index in [0.29, 0.717) is 27.4 Å². The minimum absolute atomic E-state index is 0.106. The van der Waals surface area contributed by atoms with Crippen molar-refractivity contribution in [1.29, 1.82) is 0 Å². The molecule has 0 aliphatic carbocycles. The molecule has 0 fully saturated rings. The SMILES string of the molecule is Nc1nc(-c2cc(Cl)cc(Cl)c2)nc(-n2ccnc2)n1. The summed E-state index contributed by atoms with van der Waals surface area (Å²) in [6.07, 6.45) is 4.91. The number of anilines is 1. The summed E-state index contributed by atoms with van der Waals surface area (Å²) in [5, 5.41) is 0.992. The molecule has 100 valence electrons. The number of nitrogen functional groups attached to an aromatic ring is 1. The van der Waals surface area contributed by atoms with Crippen molar-refractivity contribution >= 4 is 29.2 Å². The fourth-order valence-corrected chi connectivity index (χ4v) is 2.21. The Hall–Kier alpha value is -2.18. The summed E-state index contributed by atoms with van der Waals surface area (Å²) < 4.78 is 1.63. The van der Waals surface area contributed by atoms with Crippen molar-refractivity contribution in [2.45, 2.75) is 0 Å². The standard InChI is InChI=1S/C12H8Cl2N6/c13-8-3-7(4-9(14)5-8)10-17-11(15)19-12(18-10)20-2-1-16-6-20/h1-6H,(H2,15,17,18,19). The van der Waals surface area contributed by atoms with Crippen LogP contribution in [0.25, 0.3) is 17.3 Å². The number of hydrogen-bond donors (Lipinski definition) is 1. The molecule has 0 aliphatic heterocycles. The summed E-state index contributed by atoms with van der Waals surface area (Å²) in [5.41, 5.74) is 6.38. The van der Waals surface area contributed by atoms with Gasteiger partial charge < -0.3 is 5.73 Å². The zero-order valence-electron chi connectivity index (χ0n) is 10.0. The second-order valence-corrected chi connectivity index (χ2v) is 4.82. The molecule has 0 aliphatic rings. The van der Waals surface area contributed by atoms with E-state index in [1.54, 1.807) is 41.5 Å². The van der Waals surface area contributed by atoms with E-state index in [-0.39, 0.29) is 5.95 Å². The Morgan fingerprint density at radius 1 is 1.00 bits per heavy atom. The third-order valence-electron chi connectivity index (χ3n) is 2.50. The first kappa shape index (κ1) is 12.8. The second-order valence-electron chi connectivity index (χ2n) is 3.95. The summed E-state index contributed by atoms with van der Waals surface area (Å²) in [5.74, 6) is 0.876. The quantitative estimate of drug-likeness (QED) is 0.787. The number of halogens is 2. The van der Waals surface area contributed by atoms with E-state index in [1.165, 1.54) is 0 Å². The third-order valence-corrected chi connectivity index (χ3v) is 2.93. The van der Waals surface area contributed by atoms with E-state index < -0.39 is 0 Å². The van der Waals surface area contributed by atoms with E-state index in [1.807, 2.05) is 0 Å². The summed E-state index contributed by atoms with van der Waals surface area (Å²) in [6.45, 7) is 0. The maximum absolute atomic E-state index is 5.98. The largest absolute Gasteiger partial charge is 0.368 e. The summed E-state index contributed by atoms with van der Waals surface area (Å²) in [7, 11) is 0. The maximum Gasteiger partial charge on any atom is 0.240 e. The molecule has 0 saturated carbocycles. The fraction of sp³-hybridized carbons (Fsp3) is 0. The van der Waals surface area contributed by atoms with Crippen molar-refractivity contribution in [3.8, 4) is 17.3 Å². The summed E-state index contributed by atoms with van der Waals surface area (Å²) >= 11 is 12.0. The highest BCUT2D eigenvalue weighted by Gasteiger charge is 2.09. The molecule has 0 amide bonds. The average Bonchev–Trinajstić information content (AvgIpc) is 2.90. The van der Waals surface area contributed by atoms with Crippen molar-refractivity contribution in [2.75, 3.05) is 5.73 Å². The lowest BCUT2D eigenvalue weighted by Crippen LogP contribution is -2.06. The predicted molar refractivity (Wildman–Crippen MR) is 76.8 cm³/mol. The van der Waals surface area contributed by atoms with Gasteiger partial charge in [0.2, 0.25) is 11.9 Å². The fourth-order valence-electron chi connectivity index (χ4n) is 1.69. The van der Waals surface area contributed by atoms with Gasteiger partial charge in [0.1, 0.15) is 6.33 Å². The van der Waals surface area contributed by atoms with E-state index >= 15 is 0 Å². The zero-order chi connectivity index (χ0) is 14.1. The van der Waals surface area contributed by atoms with Crippen molar-refractivity contribution in [3.05, 3.63) is 47.0 Å². The van der Waals surface area contributed by atoms with Gasteiger partial charge in [-0.2, -0.15) is 15.0 Å². The van der Waals surface area contributed by atoms with Gasteiger partial charge in [-0.25, -0.2) is 4.98 Å². The highest BCUT2D eigenvalue weighted by Crippen LogP contribution is 2.25. The van der Waals surface area contributed by atoms with Gasteiger partial charge in [0.15, 0.2) is 5.82 Å². The number of imidazole rings is 1. The first-order chi connectivity index (χ1) is 9.61. The van der Waals surface area contributed by atoms with Crippen LogP contribution in [0.5, 0.6) is 0 Å². The molecule has 20 heavy (non-hydrogen) atoms. The Balaban J connectivity index is 2.14. The smallest absolute Gasteiger partial charge is 0.240 e. The first-order valence-corrected chi connectivity index (χ1v) is 6.34. The van der Waals surface area contributed by atoms with Gasteiger partial charge >= 0.3 is 0 Å². The number of nitrogens with zero attached hydrogens (tertiary/aromatic N) is 5. The molecule has 6 nitrogen and oxygen atoms in total. The Morgan fingerprint density at radius 2 is 1.75 bits per heavy atom. The highest BCUT2D eigenvalue weighted by molar-refractivity contribution is 6.35. The van der Waals surface area contributed by atoms with Crippen LogP contribution < -0.4 is 5.73 Å².